The number of hydrogen-bond acceptors (Lipinski definition) is 1. The molecule has 0 bridgehead atoms. The molecule has 0 aliphatic heterocycles. The van der Waals surface area contributed by atoms with Gasteiger partial charge in [0.1, 0.15) is 0 Å². The van der Waals surface area contributed by atoms with Crippen molar-refractivity contribution in [2.75, 3.05) is 0 Å². The topological polar surface area (TPSA) is 32.9 Å². The van der Waals surface area contributed by atoms with Gasteiger partial charge in [-0.3, -0.25) is 4.79 Å². The zero-order chi connectivity index (χ0) is 14.3. The second kappa shape index (κ2) is 5.55. The van der Waals surface area contributed by atoms with E-state index in [1.165, 1.54) is 12.1 Å². The normalized spacial score (nSPS) is 10.8. The fraction of sp³-hybridized carbons (Fsp3) is 0.0833. The Kier molecular flexibility index (Phi) is 4.38. The average Bonchev–Trinajstić information content (AvgIpc) is 2.33. The summed E-state index contributed by atoms with van der Waals surface area (Å²) in [5, 5.41) is 0.548. The monoisotopic (exact) mass is 355 g/mol. The number of aryl methyl sites for hydroxylation is 1. The Morgan fingerprint density at radius 3 is 1.79 bits per heavy atom. The molecule has 0 saturated heterocycles. The lowest BCUT2D eigenvalue weighted by atomic mass is 10.1. The minimum Gasteiger partial charge on any atom is -0.358 e. The molecule has 2 rings (SSSR count). The van der Waals surface area contributed by atoms with Gasteiger partial charge in [0.2, 0.25) is 0 Å². The molecule has 1 heterocycles. The molecule has 2 aromatic rings. The molecule has 0 saturated carbocycles. The van der Waals surface area contributed by atoms with Gasteiger partial charge >= 0.3 is 0 Å². The van der Waals surface area contributed by atoms with E-state index in [1.807, 2.05) is 0 Å². The molecule has 0 amide bonds. The van der Waals surface area contributed by atoms with Crippen LogP contribution in [0.2, 0.25) is 25.1 Å². The number of aromatic nitrogens is 1. The lowest BCUT2D eigenvalue weighted by Gasteiger charge is -2.12. The summed E-state index contributed by atoms with van der Waals surface area (Å²) < 4.78 is 0. The fourth-order valence-electron chi connectivity index (χ4n) is 1.66. The first-order chi connectivity index (χ1) is 8.82. The van der Waals surface area contributed by atoms with Crippen molar-refractivity contribution in [1.29, 1.82) is 0 Å². The molecule has 19 heavy (non-hydrogen) atoms. The van der Waals surface area contributed by atoms with Crippen molar-refractivity contribution in [2.24, 2.45) is 0 Å². The van der Waals surface area contributed by atoms with Crippen molar-refractivity contribution in [3.63, 3.8) is 0 Å². The Morgan fingerprint density at radius 2 is 1.32 bits per heavy atom. The number of halogens is 5. The van der Waals surface area contributed by atoms with E-state index in [0.717, 1.165) is 0 Å². The van der Waals surface area contributed by atoms with E-state index < -0.39 is 0 Å². The second-order valence-electron chi connectivity index (χ2n) is 3.86. The van der Waals surface area contributed by atoms with E-state index in [2.05, 4.69) is 4.98 Å². The van der Waals surface area contributed by atoms with Crippen LogP contribution >= 0.6 is 58.0 Å². The molecule has 7 heteroatoms. The molecule has 2 nitrogen and oxygen atoms in total. The standard InChI is InChI=1S/C12H6Cl5NO/c1-4-2-5(19)3-6(18-4)7-8(13)10(15)12(17)11(16)9(7)14/h2-3H,1H3,(H,18,19). The highest BCUT2D eigenvalue weighted by molar-refractivity contribution is 6.56. The van der Waals surface area contributed by atoms with E-state index in [-0.39, 0.29) is 30.5 Å². The average molecular weight is 357 g/mol. The number of rotatable bonds is 1. The number of hydrogen-bond donors (Lipinski definition) is 1. The molecule has 0 fully saturated rings. The van der Waals surface area contributed by atoms with E-state index in [1.54, 1.807) is 6.92 Å². The van der Waals surface area contributed by atoms with Crippen molar-refractivity contribution in [2.45, 2.75) is 6.92 Å². The van der Waals surface area contributed by atoms with Crippen LogP contribution in [0.25, 0.3) is 11.3 Å². The molecule has 0 unspecified atom stereocenters. The summed E-state index contributed by atoms with van der Waals surface area (Å²) in [6.07, 6.45) is 0. The lowest BCUT2D eigenvalue weighted by Crippen LogP contribution is -2.02. The number of nitrogens with one attached hydrogen (secondary N) is 1. The largest absolute Gasteiger partial charge is 0.358 e. The highest BCUT2D eigenvalue weighted by atomic mass is 35.5. The molecule has 1 N–H and O–H groups in total. The van der Waals surface area contributed by atoms with Gasteiger partial charge in [0, 0.05) is 23.4 Å². The third-order valence-corrected chi connectivity index (χ3v) is 4.73. The van der Waals surface area contributed by atoms with Gasteiger partial charge in [0.05, 0.1) is 30.8 Å². The Hall–Kier alpha value is -0.380. The van der Waals surface area contributed by atoms with Crippen molar-refractivity contribution < 1.29 is 0 Å². The minimum atomic E-state index is -0.180. The van der Waals surface area contributed by atoms with E-state index in [4.69, 9.17) is 58.0 Å². The van der Waals surface area contributed by atoms with Gasteiger partial charge < -0.3 is 4.98 Å². The molecular weight excluding hydrogens is 351 g/mol. The van der Waals surface area contributed by atoms with Gasteiger partial charge in [0.15, 0.2) is 5.43 Å². The van der Waals surface area contributed by atoms with Crippen LogP contribution in [0, 0.1) is 6.92 Å². The summed E-state index contributed by atoms with van der Waals surface area (Å²) in [5.41, 5.74) is 1.27. The number of aromatic amines is 1. The highest BCUT2D eigenvalue weighted by Crippen LogP contribution is 2.47. The fourth-order valence-corrected chi connectivity index (χ4v) is 3.00. The number of pyridine rings is 1. The summed E-state index contributed by atoms with van der Waals surface area (Å²) in [7, 11) is 0. The number of benzene rings is 1. The van der Waals surface area contributed by atoms with Gasteiger partial charge in [-0.15, -0.1) is 0 Å². The quantitative estimate of drug-likeness (QED) is 0.522. The lowest BCUT2D eigenvalue weighted by molar-refractivity contribution is 1.19. The van der Waals surface area contributed by atoms with E-state index in [0.29, 0.717) is 17.0 Å². The summed E-state index contributed by atoms with van der Waals surface area (Å²) in [6, 6.07) is 2.81. The Balaban J connectivity index is 2.86. The zero-order valence-electron chi connectivity index (χ0n) is 9.45. The van der Waals surface area contributed by atoms with Crippen LogP contribution in [0.15, 0.2) is 16.9 Å². The first kappa shape index (κ1) is 15.0. The summed E-state index contributed by atoms with van der Waals surface area (Å²) in [5.74, 6) is 0. The third kappa shape index (κ3) is 2.74. The van der Waals surface area contributed by atoms with Gasteiger partial charge in [-0.05, 0) is 6.92 Å². The van der Waals surface area contributed by atoms with E-state index >= 15 is 0 Å². The van der Waals surface area contributed by atoms with Crippen LogP contribution < -0.4 is 5.43 Å². The van der Waals surface area contributed by atoms with Crippen LogP contribution in [0.4, 0.5) is 0 Å². The molecule has 0 spiro atoms. The predicted molar refractivity (Wildman–Crippen MR) is 82.3 cm³/mol. The van der Waals surface area contributed by atoms with Crippen LogP contribution in [0.5, 0.6) is 0 Å². The smallest absolute Gasteiger partial charge is 0.182 e. The van der Waals surface area contributed by atoms with Gasteiger partial charge in [-0.2, -0.15) is 0 Å². The maximum absolute atomic E-state index is 11.5. The first-order valence-corrected chi connectivity index (χ1v) is 6.94. The van der Waals surface area contributed by atoms with Crippen LogP contribution in [-0.4, -0.2) is 4.98 Å². The van der Waals surface area contributed by atoms with Gasteiger partial charge in [-0.25, -0.2) is 0 Å². The van der Waals surface area contributed by atoms with Crippen molar-refractivity contribution in [3.05, 3.63) is 53.2 Å². The Labute approximate surface area is 134 Å². The minimum absolute atomic E-state index is 0.0806. The van der Waals surface area contributed by atoms with Crippen LogP contribution in [-0.2, 0) is 0 Å². The molecule has 0 aliphatic rings. The first-order valence-electron chi connectivity index (χ1n) is 5.05. The Bertz CT molecular complexity index is 694. The van der Waals surface area contributed by atoms with Crippen LogP contribution in [0.3, 0.4) is 0 Å². The Morgan fingerprint density at radius 1 is 0.842 bits per heavy atom. The van der Waals surface area contributed by atoms with E-state index in [9.17, 15) is 4.79 Å². The SMILES string of the molecule is Cc1cc(=O)cc(-c2c(Cl)c(Cl)c(Cl)c(Cl)c2Cl)[nH]1. The number of H-pyrrole nitrogens is 1. The zero-order valence-corrected chi connectivity index (χ0v) is 13.2. The molecule has 1 aromatic heterocycles. The second-order valence-corrected chi connectivity index (χ2v) is 5.75. The molecule has 1 aromatic carbocycles. The van der Waals surface area contributed by atoms with Gasteiger partial charge in [0.25, 0.3) is 0 Å². The van der Waals surface area contributed by atoms with Crippen molar-refractivity contribution in [1.82, 2.24) is 4.98 Å². The molecule has 100 valence electrons. The molecule has 0 atom stereocenters. The van der Waals surface area contributed by atoms with Crippen molar-refractivity contribution >= 4 is 58.0 Å². The summed E-state index contributed by atoms with van der Waals surface area (Å²) >= 11 is 30.2. The molecule has 0 aliphatic carbocycles. The molecular formula is C12H6Cl5NO. The molecule has 0 radical (unpaired) electrons. The maximum Gasteiger partial charge on any atom is 0.182 e. The summed E-state index contributed by atoms with van der Waals surface area (Å²) in [6.45, 7) is 1.74. The van der Waals surface area contributed by atoms with Crippen LogP contribution in [0.1, 0.15) is 5.69 Å². The highest BCUT2D eigenvalue weighted by Gasteiger charge is 2.21. The maximum atomic E-state index is 11.5. The van der Waals surface area contributed by atoms with Gasteiger partial charge in [-0.1, -0.05) is 58.0 Å². The van der Waals surface area contributed by atoms with Crippen molar-refractivity contribution in [3.8, 4) is 11.3 Å². The summed E-state index contributed by atoms with van der Waals surface area (Å²) in [4.78, 5) is 14.5. The third-order valence-electron chi connectivity index (χ3n) is 2.46. The predicted octanol–water partition coefficient (Wildman–Crippen LogP) is 5.62.